The van der Waals surface area contributed by atoms with Crippen LogP contribution in [0.25, 0.3) is 0 Å². The molecule has 0 amide bonds. The zero-order chi connectivity index (χ0) is 16.6. The lowest BCUT2D eigenvalue weighted by molar-refractivity contribution is -0.152. The van der Waals surface area contributed by atoms with Gasteiger partial charge in [-0.3, -0.25) is 9.59 Å². The summed E-state index contributed by atoms with van der Waals surface area (Å²) in [5.74, 6) is -2.52. The van der Waals surface area contributed by atoms with E-state index >= 15 is 0 Å². The Bertz CT molecular complexity index is 511. The number of hydrogen-bond donors (Lipinski definition) is 0. The molecular formula is C16H19ClO4. The molecule has 0 unspecified atom stereocenters. The van der Waals surface area contributed by atoms with Crippen LogP contribution < -0.4 is 0 Å². The zero-order valence-electron chi connectivity index (χ0n) is 12.7. The van der Waals surface area contributed by atoms with Crippen LogP contribution in [0.4, 0.5) is 0 Å². The molecule has 0 atom stereocenters. The highest BCUT2D eigenvalue weighted by molar-refractivity contribution is 6.46. The fourth-order valence-electron chi connectivity index (χ4n) is 1.40. The molecule has 21 heavy (non-hydrogen) atoms. The Morgan fingerprint density at radius 2 is 1.62 bits per heavy atom. The number of ketones is 2. The lowest BCUT2D eigenvalue weighted by Crippen LogP contribution is -2.21. The summed E-state index contributed by atoms with van der Waals surface area (Å²) in [4.78, 5) is 32.1. The van der Waals surface area contributed by atoms with E-state index in [9.17, 15) is 14.4 Å². The number of Topliss-reactive ketones (excluding diaryl/α,β-unsaturated/α-hetero) is 2. The molecule has 0 saturated heterocycles. The van der Waals surface area contributed by atoms with Crippen LogP contribution in [-0.4, -0.2) is 24.1 Å². The van der Waals surface area contributed by atoms with Gasteiger partial charge in [-0.1, -0.05) is 24.2 Å². The molecule has 0 aromatic heterocycles. The van der Waals surface area contributed by atoms with Gasteiger partial charge in [-0.15, -0.1) is 0 Å². The number of aryl methyl sites for hydroxylation is 2. The Kier molecular flexibility index (Phi) is 8.24. The molecule has 0 aliphatic carbocycles. The molecule has 114 valence electrons. The maximum Gasteiger partial charge on any atom is 0.379 e. The fourth-order valence-corrected chi connectivity index (χ4v) is 1.74. The molecule has 0 saturated carbocycles. The van der Waals surface area contributed by atoms with Crippen LogP contribution in [0.15, 0.2) is 30.4 Å². The average molecular weight is 311 g/mol. The number of carbonyl (C=O) groups is 3. The van der Waals surface area contributed by atoms with Gasteiger partial charge < -0.3 is 4.74 Å². The molecule has 0 aliphatic heterocycles. The minimum atomic E-state index is -1.03. The molecule has 0 heterocycles. The van der Waals surface area contributed by atoms with Gasteiger partial charge in [0.05, 0.1) is 12.2 Å². The van der Waals surface area contributed by atoms with Gasteiger partial charge in [0, 0.05) is 5.02 Å². The molecule has 0 N–H and O–H groups in total. The maximum absolute atomic E-state index is 10.9. The molecule has 1 aromatic rings. The van der Waals surface area contributed by atoms with Crippen LogP contribution in [0.3, 0.4) is 0 Å². The smallest absolute Gasteiger partial charge is 0.379 e. The fraction of sp³-hybridized carbons (Fsp3) is 0.312. The summed E-state index contributed by atoms with van der Waals surface area (Å²) in [6, 6.07) is 6.01. The highest BCUT2D eigenvalue weighted by Gasteiger charge is 2.20. The zero-order valence-corrected chi connectivity index (χ0v) is 13.4. The van der Waals surface area contributed by atoms with E-state index in [-0.39, 0.29) is 12.2 Å². The third-order valence-corrected chi connectivity index (χ3v) is 2.56. The first-order chi connectivity index (χ1) is 9.68. The van der Waals surface area contributed by atoms with Gasteiger partial charge >= 0.3 is 5.97 Å². The number of benzene rings is 1. The second-order valence-corrected chi connectivity index (χ2v) is 4.83. The van der Waals surface area contributed by atoms with Crippen molar-refractivity contribution < 1.29 is 19.1 Å². The Labute approximate surface area is 129 Å². The molecule has 4 nitrogen and oxygen atoms in total. The van der Waals surface area contributed by atoms with Crippen LogP contribution in [0.2, 0.25) is 5.02 Å². The third kappa shape index (κ3) is 7.42. The molecule has 0 aliphatic rings. The summed E-state index contributed by atoms with van der Waals surface area (Å²) in [6.07, 6.45) is 0. The Morgan fingerprint density at radius 1 is 1.14 bits per heavy atom. The van der Waals surface area contributed by atoms with E-state index in [2.05, 4.69) is 17.4 Å². The first-order valence-electron chi connectivity index (χ1n) is 6.34. The van der Waals surface area contributed by atoms with Gasteiger partial charge in [-0.05, 0) is 51.0 Å². The molecule has 5 heteroatoms. The van der Waals surface area contributed by atoms with Crippen LogP contribution in [0.5, 0.6) is 0 Å². The van der Waals surface area contributed by atoms with Crippen molar-refractivity contribution in [2.75, 3.05) is 6.61 Å². The van der Waals surface area contributed by atoms with Gasteiger partial charge in [-0.25, -0.2) is 4.79 Å². The van der Waals surface area contributed by atoms with Crippen molar-refractivity contribution in [1.29, 1.82) is 0 Å². The van der Waals surface area contributed by atoms with Crippen molar-refractivity contribution in [3.8, 4) is 0 Å². The molecule has 0 bridgehead atoms. The summed E-state index contributed by atoms with van der Waals surface area (Å²) in [6.45, 7) is 10.1. The summed E-state index contributed by atoms with van der Waals surface area (Å²) in [5.41, 5.74) is 2.11. The Balaban J connectivity index is 0.000000394. The van der Waals surface area contributed by atoms with E-state index in [1.165, 1.54) is 18.1 Å². The first-order valence-corrected chi connectivity index (χ1v) is 6.71. The molecule has 1 rings (SSSR count). The van der Waals surface area contributed by atoms with Gasteiger partial charge in [0.25, 0.3) is 5.78 Å². The van der Waals surface area contributed by atoms with E-state index in [1.807, 2.05) is 26.0 Å². The minimum absolute atomic E-state index is 0.107. The molecule has 1 aromatic carbocycles. The highest BCUT2D eigenvalue weighted by atomic mass is 35.5. The number of hydrogen-bond acceptors (Lipinski definition) is 4. The predicted molar refractivity (Wildman–Crippen MR) is 82.4 cm³/mol. The summed E-state index contributed by atoms with van der Waals surface area (Å²) >= 11 is 5.75. The van der Waals surface area contributed by atoms with Crippen molar-refractivity contribution in [3.05, 3.63) is 46.5 Å². The van der Waals surface area contributed by atoms with E-state index in [0.29, 0.717) is 0 Å². The Hall–Kier alpha value is -1.94. The third-order valence-electron chi connectivity index (χ3n) is 2.35. The van der Waals surface area contributed by atoms with Gasteiger partial charge in [0.15, 0.2) is 5.78 Å². The quantitative estimate of drug-likeness (QED) is 0.282. The monoisotopic (exact) mass is 310 g/mol. The number of rotatable bonds is 4. The maximum atomic E-state index is 10.9. The van der Waals surface area contributed by atoms with Gasteiger partial charge in [0.2, 0.25) is 0 Å². The number of esters is 1. The van der Waals surface area contributed by atoms with E-state index in [1.54, 1.807) is 6.92 Å². The normalized spacial score (nSPS) is 9.19. The van der Waals surface area contributed by atoms with E-state index < -0.39 is 17.5 Å². The molecular weight excluding hydrogens is 292 g/mol. The van der Waals surface area contributed by atoms with Gasteiger partial charge in [0.1, 0.15) is 0 Å². The lowest BCUT2D eigenvalue weighted by Gasteiger charge is -1.99. The Morgan fingerprint density at radius 3 is 1.95 bits per heavy atom. The van der Waals surface area contributed by atoms with E-state index in [4.69, 9.17) is 11.6 Å². The predicted octanol–water partition coefficient (Wildman–Crippen LogP) is 3.22. The van der Waals surface area contributed by atoms with Crippen molar-refractivity contribution in [2.45, 2.75) is 27.7 Å². The standard InChI is InChI=1S/C8H9Cl.C8H10O4/c1-6-3-7(2)5-8(9)4-6;1-4-12-8(11)7(10)5(2)6(3)9/h3-5H,1-2H3;2,4H2,1,3H3. The second kappa shape index (κ2) is 9.08. The molecule has 0 spiro atoms. The topological polar surface area (TPSA) is 60.4 Å². The van der Waals surface area contributed by atoms with Crippen molar-refractivity contribution >= 4 is 29.1 Å². The van der Waals surface area contributed by atoms with Crippen molar-refractivity contribution in [2.24, 2.45) is 0 Å². The first kappa shape index (κ1) is 19.1. The average Bonchev–Trinajstić information content (AvgIpc) is 2.36. The van der Waals surface area contributed by atoms with Crippen molar-refractivity contribution in [3.63, 3.8) is 0 Å². The number of ether oxygens (including phenoxy) is 1. The SMILES string of the molecule is C=C(C(C)=O)C(=O)C(=O)OCC.Cc1cc(C)cc(Cl)c1. The second-order valence-electron chi connectivity index (χ2n) is 4.39. The minimum Gasteiger partial charge on any atom is -0.460 e. The van der Waals surface area contributed by atoms with Crippen molar-refractivity contribution in [1.82, 2.24) is 0 Å². The highest BCUT2D eigenvalue weighted by Crippen LogP contribution is 2.12. The van der Waals surface area contributed by atoms with Crippen LogP contribution >= 0.6 is 11.6 Å². The lowest BCUT2D eigenvalue weighted by atomic mass is 10.1. The number of halogens is 1. The number of carbonyl (C=O) groups excluding carboxylic acids is 3. The van der Waals surface area contributed by atoms with Gasteiger partial charge in [-0.2, -0.15) is 0 Å². The summed E-state index contributed by atoms with van der Waals surface area (Å²) in [5, 5.41) is 0.826. The van der Waals surface area contributed by atoms with Crippen LogP contribution in [-0.2, 0) is 19.1 Å². The summed E-state index contributed by atoms with van der Waals surface area (Å²) < 4.78 is 4.37. The van der Waals surface area contributed by atoms with Crippen LogP contribution in [0.1, 0.15) is 25.0 Å². The molecule has 0 fully saturated rings. The largest absolute Gasteiger partial charge is 0.460 e. The summed E-state index contributed by atoms with van der Waals surface area (Å²) in [7, 11) is 0. The van der Waals surface area contributed by atoms with E-state index in [0.717, 1.165) is 5.02 Å². The molecule has 0 radical (unpaired) electrons. The van der Waals surface area contributed by atoms with Crippen LogP contribution in [0, 0.1) is 13.8 Å².